The normalized spacial score (nSPS) is 18.5. The average molecular weight is 481 g/mol. The Hall–Kier alpha value is -3.26. The number of aryl methyl sites for hydroxylation is 3. The molecule has 2 heterocycles. The molecule has 1 unspecified atom stereocenters. The van der Waals surface area contributed by atoms with E-state index >= 15 is 0 Å². The summed E-state index contributed by atoms with van der Waals surface area (Å²) < 4.78 is 36.9. The first-order chi connectivity index (χ1) is 16.1. The maximum Gasteiger partial charge on any atom is 0.270 e. The number of benzene rings is 2. The predicted molar refractivity (Wildman–Crippen MR) is 130 cm³/mol. The quantitative estimate of drug-likeness (QED) is 0.590. The number of nitrogens with one attached hydrogen (secondary N) is 1. The van der Waals surface area contributed by atoms with Crippen LogP contribution in [0, 0.1) is 20.8 Å². The summed E-state index contributed by atoms with van der Waals surface area (Å²) in [5, 5.41) is 3.25. The van der Waals surface area contributed by atoms with E-state index in [0.29, 0.717) is 30.0 Å². The van der Waals surface area contributed by atoms with Crippen LogP contribution in [0.25, 0.3) is 0 Å². The van der Waals surface area contributed by atoms with Crippen LogP contribution in [0.5, 0.6) is 5.75 Å². The van der Waals surface area contributed by atoms with Crippen LogP contribution in [-0.4, -0.2) is 27.3 Å². The molecule has 1 saturated carbocycles. The van der Waals surface area contributed by atoms with Crippen LogP contribution in [0.4, 0.5) is 5.69 Å². The molecule has 3 aromatic rings. The summed E-state index contributed by atoms with van der Waals surface area (Å²) in [5.41, 5.74) is 3.85. The van der Waals surface area contributed by atoms with Gasteiger partial charge >= 0.3 is 0 Å². The van der Waals surface area contributed by atoms with E-state index in [4.69, 9.17) is 9.15 Å². The maximum absolute atomic E-state index is 13.7. The van der Waals surface area contributed by atoms with E-state index in [-0.39, 0.29) is 5.91 Å². The molecule has 178 valence electrons. The fraction of sp³-hybridized carbons (Fsp3) is 0.346. The second-order valence-corrected chi connectivity index (χ2v) is 11.3. The van der Waals surface area contributed by atoms with E-state index in [1.165, 1.54) is 11.4 Å². The van der Waals surface area contributed by atoms with Crippen molar-refractivity contribution in [1.29, 1.82) is 0 Å². The van der Waals surface area contributed by atoms with E-state index in [1.807, 2.05) is 51.1 Å². The Morgan fingerprint density at radius 2 is 1.82 bits per heavy atom. The Morgan fingerprint density at radius 3 is 2.47 bits per heavy atom. The lowest BCUT2D eigenvalue weighted by molar-refractivity contribution is -0.124. The van der Waals surface area contributed by atoms with E-state index in [1.54, 1.807) is 12.1 Å². The molecule has 2 aliphatic rings. The predicted octanol–water partition coefficient (Wildman–Crippen LogP) is 4.26. The molecule has 8 heteroatoms. The number of hydrogen-bond acceptors (Lipinski definition) is 5. The molecule has 7 nitrogen and oxygen atoms in total. The van der Waals surface area contributed by atoms with Crippen molar-refractivity contribution in [2.45, 2.75) is 45.1 Å². The van der Waals surface area contributed by atoms with Crippen molar-refractivity contribution in [3.8, 4) is 5.75 Å². The zero-order valence-corrected chi connectivity index (χ0v) is 20.5. The van der Waals surface area contributed by atoms with Gasteiger partial charge in [-0.05, 0) is 74.6 Å². The molecule has 1 atom stereocenters. The van der Waals surface area contributed by atoms with E-state index in [0.717, 1.165) is 28.0 Å². The Balaban J connectivity index is 1.47. The van der Waals surface area contributed by atoms with E-state index in [2.05, 4.69) is 11.4 Å². The third kappa shape index (κ3) is 3.76. The van der Waals surface area contributed by atoms with Crippen molar-refractivity contribution in [1.82, 2.24) is 5.32 Å². The molecule has 5 rings (SSSR count). The number of fused-ring (bicyclic) bond motifs is 1. The average Bonchev–Trinajstić information content (AvgIpc) is 3.50. The highest BCUT2D eigenvalue weighted by atomic mass is 32.2. The van der Waals surface area contributed by atoms with Gasteiger partial charge in [0, 0.05) is 7.05 Å². The maximum atomic E-state index is 13.7. The largest absolute Gasteiger partial charge is 0.474 e. The van der Waals surface area contributed by atoms with Gasteiger partial charge in [0.1, 0.15) is 23.3 Å². The number of sulfonamides is 1. The van der Waals surface area contributed by atoms with Crippen LogP contribution < -0.4 is 14.4 Å². The first-order valence-corrected chi connectivity index (χ1v) is 12.9. The topological polar surface area (TPSA) is 88.8 Å². The fourth-order valence-electron chi connectivity index (χ4n) is 4.66. The molecule has 1 amide bonds. The van der Waals surface area contributed by atoms with Crippen molar-refractivity contribution in [3.05, 3.63) is 82.3 Å². The second kappa shape index (κ2) is 7.91. The van der Waals surface area contributed by atoms with Crippen LogP contribution in [0.15, 0.2) is 52.9 Å². The standard InChI is InChI=1S/C26H28N2O5S/c1-16-5-8-20(17(2)13-16)24(22-10-6-18(3)33-22)27-25(29)26(11-12-26)19-7-9-21-23(14-19)32-15-34(30,31)28(21)4/h5-10,13-14,24H,11-12,15H2,1-4H3,(H,27,29). The lowest BCUT2D eigenvalue weighted by Gasteiger charge is -2.29. The van der Waals surface area contributed by atoms with Gasteiger partial charge in [0.25, 0.3) is 10.0 Å². The Bertz CT molecular complexity index is 1390. The summed E-state index contributed by atoms with van der Waals surface area (Å²) in [6, 6.07) is 14.9. The summed E-state index contributed by atoms with van der Waals surface area (Å²) in [6.45, 7) is 5.97. The van der Waals surface area contributed by atoms with Gasteiger partial charge in [-0.2, -0.15) is 0 Å². The number of carbonyl (C=O) groups excluding carboxylic acids is 1. The van der Waals surface area contributed by atoms with Gasteiger partial charge < -0.3 is 14.5 Å². The molecule has 0 saturated heterocycles. The summed E-state index contributed by atoms with van der Waals surface area (Å²) in [7, 11) is -1.98. The first kappa shape index (κ1) is 22.5. The number of nitrogens with zero attached hydrogens (tertiary/aromatic N) is 1. The van der Waals surface area contributed by atoms with Gasteiger partial charge in [-0.25, -0.2) is 8.42 Å². The third-order valence-electron chi connectivity index (χ3n) is 6.87. The van der Waals surface area contributed by atoms with Gasteiger partial charge in [-0.3, -0.25) is 9.10 Å². The highest BCUT2D eigenvalue weighted by molar-refractivity contribution is 7.92. The highest BCUT2D eigenvalue weighted by Gasteiger charge is 2.52. The van der Waals surface area contributed by atoms with Crippen molar-refractivity contribution in [2.24, 2.45) is 0 Å². The molecule has 1 aliphatic carbocycles. The summed E-state index contributed by atoms with van der Waals surface area (Å²) >= 11 is 0. The molecular formula is C26H28N2O5S. The molecular weight excluding hydrogens is 452 g/mol. The second-order valence-electron chi connectivity index (χ2n) is 9.32. The molecule has 0 radical (unpaired) electrons. The third-order valence-corrected chi connectivity index (χ3v) is 8.32. The minimum atomic E-state index is -3.48. The smallest absolute Gasteiger partial charge is 0.270 e. The lowest BCUT2D eigenvalue weighted by Crippen LogP contribution is -2.38. The number of rotatable bonds is 5. The van der Waals surface area contributed by atoms with Crippen LogP contribution in [0.3, 0.4) is 0 Å². The van der Waals surface area contributed by atoms with Crippen molar-refractivity contribution >= 4 is 21.6 Å². The molecule has 34 heavy (non-hydrogen) atoms. The molecule has 1 aromatic heterocycles. The van der Waals surface area contributed by atoms with Gasteiger partial charge in [-0.15, -0.1) is 0 Å². The summed E-state index contributed by atoms with van der Waals surface area (Å²) in [4.78, 5) is 13.7. The number of hydrogen-bond donors (Lipinski definition) is 1. The van der Waals surface area contributed by atoms with E-state index < -0.39 is 27.4 Å². The number of carbonyl (C=O) groups is 1. The van der Waals surface area contributed by atoms with Gasteiger partial charge in [0.05, 0.1) is 11.1 Å². The molecule has 1 N–H and O–H groups in total. The minimum Gasteiger partial charge on any atom is -0.474 e. The van der Waals surface area contributed by atoms with Gasteiger partial charge in [-0.1, -0.05) is 29.8 Å². The van der Waals surface area contributed by atoms with Gasteiger partial charge in [0.2, 0.25) is 11.8 Å². The lowest BCUT2D eigenvalue weighted by atomic mass is 9.92. The molecule has 2 aromatic carbocycles. The Kier molecular flexibility index (Phi) is 5.24. The number of anilines is 1. The molecule has 0 bridgehead atoms. The zero-order valence-electron chi connectivity index (χ0n) is 19.7. The Labute approximate surface area is 199 Å². The molecule has 1 fully saturated rings. The highest BCUT2D eigenvalue weighted by Crippen LogP contribution is 2.51. The van der Waals surface area contributed by atoms with Crippen molar-refractivity contribution in [2.75, 3.05) is 17.3 Å². The Morgan fingerprint density at radius 1 is 1.06 bits per heavy atom. The number of furan rings is 1. The van der Waals surface area contributed by atoms with Crippen LogP contribution >= 0.6 is 0 Å². The molecule has 0 spiro atoms. The fourth-order valence-corrected chi connectivity index (χ4v) is 5.54. The van der Waals surface area contributed by atoms with E-state index in [9.17, 15) is 13.2 Å². The zero-order chi connectivity index (χ0) is 24.3. The SMILES string of the molecule is Cc1ccc(C(NC(=O)C2(c3ccc4c(c3)OCS(=O)(=O)N4C)CC2)c2ccc(C)o2)c(C)c1. The molecule has 1 aliphatic heterocycles. The summed E-state index contributed by atoms with van der Waals surface area (Å²) in [6.07, 6.45) is 1.42. The minimum absolute atomic E-state index is 0.0803. The van der Waals surface area contributed by atoms with Crippen molar-refractivity contribution < 1.29 is 22.4 Å². The van der Waals surface area contributed by atoms with Crippen LogP contribution in [-0.2, 0) is 20.2 Å². The number of ether oxygens (including phenoxy) is 1. The van der Waals surface area contributed by atoms with Crippen LogP contribution in [0.1, 0.15) is 52.7 Å². The van der Waals surface area contributed by atoms with Gasteiger partial charge in [0.15, 0.2) is 0 Å². The van der Waals surface area contributed by atoms with Crippen LogP contribution in [0.2, 0.25) is 0 Å². The monoisotopic (exact) mass is 480 g/mol. The van der Waals surface area contributed by atoms with Crippen molar-refractivity contribution in [3.63, 3.8) is 0 Å². The first-order valence-electron chi connectivity index (χ1n) is 11.3. The number of amides is 1. The summed E-state index contributed by atoms with van der Waals surface area (Å²) in [5.74, 6) is 1.45.